The zero-order valence-electron chi connectivity index (χ0n) is 14.2. The Hall–Kier alpha value is -0.710. The van der Waals surface area contributed by atoms with Crippen molar-refractivity contribution in [3.63, 3.8) is 0 Å². The number of amides is 1. The van der Waals surface area contributed by atoms with Crippen LogP contribution in [0.5, 0.6) is 0 Å². The molecule has 0 spiro atoms. The average Bonchev–Trinajstić information content (AvgIpc) is 2.67. The molecule has 0 aromatic heterocycles. The third-order valence-electron chi connectivity index (χ3n) is 5.19. The molecule has 8 nitrogen and oxygen atoms in total. The summed E-state index contributed by atoms with van der Waals surface area (Å²) in [7, 11) is -6.12. The van der Waals surface area contributed by atoms with Crippen LogP contribution in [0.1, 0.15) is 32.6 Å². The van der Waals surface area contributed by atoms with Crippen molar-refractivity contribution >= 4 is 25.9 Å². The number of carbonyl (C=O) groups excluding carboxylic acids is 1. The lowest BCUT2D eigenvalue weighted by atomic mass is 10.0. The largest absolute Gasteiger partial charge is 0.348 e. The van der Waals surface area contributed by atoms with Gasteiger partial charge in [0.05, 0.1) is 50.1 Å². The number of sulfone groups is 1. The van der Waals surface area contributed by atoms with Crippen molar-refractivity contribution in [2.24, 2.45) is 0 Å². The maximum Gasteiger partial charge on any atom is 0.271 e. The van der Waals surface area contributed by atoms with Gasteiger partial charge in [0.15, 0.2) is 9.84 Å². The molecule has 2 N–H and O–H groups in total. The van der Waals surface area contributed by atoms with E-state index in [0.717, 1.165) is 30.4 Å². The summed E-state index contributed by atoms with van der Waals surface area (Å²) in [5, 5.41) is 1.03. The summed E-state index contributed by atoms with van der Waals surface area (Å²) in [5.74, 6) is -1.54. The monoisotopic (exact) mass is 383 g/mol. The second-order valence-corrected chi connectivity index (χ2v) is 11.3. The number of likely N-dealkylation sites (tertiary alicyclic amines) is 1. The molecule has 1 amide bonds. The van der Waals surface area contributed by atoms with E-state index in [-0.39, 0.29) is 12.3 Å². The van der Waals surface area contributed by atoms with Gasteiger partial charge in [-0.15, -0.1) is 0 Å². The molecule has 0 aliphatic carbocycles. The fourth-order valence-electron chi connectivity index (χ4n) is 3.81. The van der Waals surface area contributed by atoms with Gasteiger partial charge in [-0.05, 0) is 26.2 Å². The molecule has 0 bridgehead atoms. The van der Waals surface area contributed by atoms with Gasteiger partial charge in [-0.2, -0.15) is 8.42 Å². The van der Waals surface area contributed by atoms with Crippen molar-refractivity contribution in [1.82, 2.24) is 5.32 Å². The third-order valence-corrected chi connectivity index (χ3v) is 8.69. The Labute approximate surface area is 143 Å². The van der Waals surface area contributed by atoms with E-state index in [4.69, 9.17) is 0 Å². The molecule has 2 fully saturated rings. The maximum absolute atomic E-state index is 12.3. The van der Waals surface area contributed by atoms with Crippen LogP contribution >= 0.6 is 0 Å². The normalized spacial score (nSPS) is 32.4. The summed E-state index contributed by atoms with van der Waals surface area (Å²) in [5.41, 5.74) is -1.50. The van der Waals surface area contributed by atoms with E-state index in [1.807, 2.05) is 0 Å². The van der Waals surface area contributed by atoms with Crippen molar-refractivity contribution < 1.29 is 30.7 Å². The Morgan fingerprint density at radius 2 is 1.88 bits per heavy atom. The lowest BCUT2D eigenvalue weighted by Gasteiger charge is -2.38. The van der Waals surface area contributed by atoms with E-state index >= 15 is 0 Å². The lowest BCUT2D eigenvalue weighted by Crippen LogP contribution is -2.57. The quantitative estimate of drug-likeness (QED) is 0.491. The number of hydrogen-bond donors (Lipinski definition) is 2. The number of rotatable bonds is 5. The van der Waals surface area contributed by atoms with Gasteiger partial charge in [-0.1, -0.05) is 0 Å². The Morgan fingerprint density at radius 3 is 2.42 bits per heavy atom. The predicted molar refractivity (Wildman–Crippen MR) is 89.8 cm³/mol. The minimum atomic E-state index is -4.57. The average molecular weight is 384 g/mol. The number of nitrogens with one attached hydrogen (secondary N) is 1. The fourth-order valence-corrected chi connectivity index (χ4v) is 8.16. The van der Waals surface area contributed by atoms with Crippen LogP contribution in [-0.2, 0) is 24.7 Å². The SMILES string of the molecule is C[C@@]1(NC(=O)CC[N+]2(C)CCCCC2)CS(=O)(=O)C[C@H]1S(=O)(=O)O. The van der Waals surface area contributed by atoms with Crippen LogP contribution in [0.4, 0.5) is 0 Å². The third kappa shape index (κ3) is 4.68. The van der Waals surface area contributed by atoms with Gasteiger partial charge < -0.3 is 9.80 Å². The zero-order valence-corrected chi connectivity index (χ0v) is 15.8. The number of nitrogens with zero attached hydrogens (tertiary/aromatic N) is 1. The summed E-state index contributed by atoms with van der Waals surface area (Å²) in [6, 6.07) is 0. The Bertz CT molecular complexity index is 697. The van der Waals surface area contributed by atoms with E-state index in [2.05, 4.69) is 12.4 Å². The summed E-state index contributed by atoms with van der Waals surface area (Å²) < 4.78 is 56.8. The van der Waals surface area contributed by atoms with Crippen LogP contribution in [0, 0.1) is 0 Å². The summed E-state index contributed by atoms with van der Waals surface area (Å²) in [4.78, 5) is 12.3. The molecule has 140 valence electrons. The predicted octanol–water partition coefficient (Wildman–Crippen LogP) is -0.433. The standard InChI is InChI=1S/C14H26N2O6S2/c1-14(11-23(18,19)10-12(14)24(20,21)22)15-13(17)6-9-16(2)7-4-3-5-8-16/h12H,3-11H2,1-2H3,(H-,15,17,20,21,22)/p+1/t12-,14-/m1/s1. The summed E-state index contributed by atoms with van der Waals surface area (Å²) >= 11 is 0. The molecule has 24 heavy (non-hydrogen) atoms. The minimum absolute atomic E-state index is 0.199. The van der Waals surface area contributed by atoms with Crippen LogP contribution in [0.25, 0.3) is 0 Å². The van der Waals surface area contributed by atoms with Gasteiger partial charge in [-0.25, -0.2) is 8.42 Å². The van der Waals surface area contributed by atoms with Crippen molar-refractivity contribution in [3.8, 4) is 0 Å². The Morgan fingerprint density at radius 1 is 1.29 bits per heavy atom. The van der Waals surface area contributed by atoms with Gasteiger partial charge in [-0.3, -0.25) is 9.35 Å². The van der Waals surface area contributed by atoms with E-state index in [9.17, 15) is 26.2 Å². The molecule has 0 aromatic carbocycles. The van der Waals surface area contributed by atoms with Crippen LogP contribution in [0.2, 0.25) is 0 Å². The molecule has 2 aliphatic rings. The Balaban J connectivity index is 2.03. The van der Waals surface area contributed by atoms with Crippen molar-refractivity contribution in [2.45, 2.75) is 43.4 Å². The molecule has 2 aliphatic heterocycles. The number of hydrogen-bond acceptors (Lipinski definition) is 5. The maximum atomic E-state index is 12.3. The van der Waals surface area contributed by atoms with Crippen LogP contribution in [0.15, 0.2) is 0 Å². The van der Waals surface area contributed by atoms with Gasteiger partial charge in [0.25, 0.3) is 10.1 Å². The van der Waals surface area contributed by atoms with E-state index in [0.29, 0.717) is 6.54 Å². The second-order valence-electron chi connectivity index (χ2n) is 7.62. The molecule has 0 aromatic rings. The highest BCUT2D eigenvalue weighted by molar-refractivity contribution is 7.94. The van der Waals surface area contributed by atoms with Crippen LogP contribution in [-0.4, -0.2) is 80.8 Å². The first-order valence-electron chi connectivity index (χ1n) is 8.17. The minimum Gasteiger partial charge on any atom is -0.348 e. The van der Waals surface area contributed by atoms with Crippen molar-refractivity contribution in [2.75, 3.05) is 38.2 Å². The van der Waals surface area contributed by atoms with Gasteiger partial charge in [0, 0.05) is 0 Å². The van der Waals surface area contributed by atoms with E-state index in [1.165, 1.54) is 13.3 Å². The molecule has 2 heterocycles. The first-order chi connectivity index (χ1) is 10.9. The Kier molecular flexibility index (Phi) is 5.35. The fraction of sp³-hybridized carbons (Fsp3) is 0.929. The molecular formula is C14H27N2O6S2+. The number of carbonyl (C=O) groups is 1. The topological polar surface area (TPSA) is 118 Å². The molecule has 2 atom stereocenters. The molecule has 2 saturated heterocycles. The highest BCUT2D eigenvalue weighted by Crippen LogP contribution is 2.29. The summed E-state index contributed by atoms with van der Waals surface area (Å²) in [6.07, 6.45) is 3.65. The smallest absolute Gasteiger partial charge is 0.271 e. The van der Waals surface area contributed by atoms with E-state index < -0.39 is 42.2 Å². The molecule has 0 saturated carbocycles. The molecule has 2 rings (SSSR count). The van der Waals surface area contributed by atoms with Crippen LogP contribution < -0.4 is 5.32 Å². The number of piperidine rings is 1. The molecule has 0 radical (unpaired) electrons. The van der Waals surface area contributed by atoms with Crippen molar-refractivity contribution in [3.05, 3.63) is 0 Å². The van der Waals surface area contributed by atoms with Crippen molar-refractivity contribution in [1.29, 1.82) is 0 Å². The molecule has 0 unspecified atom stereocenters. The van der Waals surface area contributed by atoms with Crippen LogP contribution in [0.3, 0.4) is 0 Å². The first-order valence-corrected chi connectivity index (χ1v) is 11.5. The second kappa shape index (κ2) is 6.54. The summed E-state index contributed by atoms with van der Waals surface area (Å²) in [6.45, 7) is 4.01. The van der Waals surface area contributed by atoms with Gasteiger partial charge in [0.2, 0.25) is 5.91 Å². The molecule has 10 heteroatoms. The first kappa shape index (κ1) is 19.6. The lowest BCUT2D eigenvalue weighted by molar-refractivity contribution is -0.913. The van der Waals surface area contributed by atoms with Gasteiger partial charge in [0.1, 0.15) is 5.25 Å². The highest BCUT2D eigenvalue weighted by Gasteiger charge is 2.54. The molecular weight excluding hydrogens is 356 g/mol. The number of quaternary nitrogens is 1. The van der Waals surface area contributed by atoms with Gasteiger partial charge >= 0.3 is 0 Å². The zero-order chi connectivity index (χ0) is 18.2. The van der Waals surface area contributed by atoms with E-state index in [1.54, 1.807) is 0 Å². The highest BCUT2D eigenvalue weighted by atomic mass is 32.2.